The second-order valence-corrected chi connectivity index (χ2v) is 6.55. The van der Waals surface area contributed by atoms with Crippen LogP contribution in [0.5, 0.6) is 0 Å². The van der Waals surface area contributed by atoms with Gasteiger partial charge >= 0.3 is 5.69 Å². The molecule has 0 saturated carbocycles. The molecule has 0 radical (unpaired) electrons. The summed E-state index contributed by atoms with van der Waals surface area (Å²) < 4.78 is 5.73. The van der Waals surface area contributed by atoms with E-state index < -0.39 is 4.92 Å². The summed E-state index contributed by atoms with van der Waals surface area (Å²) in [5.74, 6) is 0.715. The number of morpholine rings is 1. The number of nitrogen functional groups attached to an aromatic ring is 1. The lowest BCUT2D eigenvalue weighted by Gasteiger charge is -2.36. The molecule has 0 amide bonds. The monoisotopic (exact) mass is 336 g/mol. The van der Waals surface area contributed by atoms with Crippen LogP contribution in [0.25, 0.3) is 0 Å². The molecule has 9 nitrogen and oxygen atoms in total. The van der Waals surface area contributed by atoms with Crippen LogP contribution < -0.4 is 15.5 Å². The van der Waals surface area contributed by atoms with Gasteiger partial charge in [0.2, 0.25) is 17.6 Å². The molecule has 2 fully saturated rings. The highest BCUT2D eigenvalue weighted by Gasteiger charge is 2.31. The molecule has 2 saturated heterocycles. The Labute approximate surface area is 140 Å². The molecule has 2 N–H and O–H groups in total. The Morgan fingerprint density at radius 1 is 1.12 bits per heavy atom. The quantitative estimate of drug-likeness (QED) is 0.654. The molecule has 1 aromatic rings. The number of nitro groups is 1. The molecule has 0 aromatic carbocycles. The van der Waals surface area contributed by atoms with Gasteiger partial charge in [-0.05, 0) is 33.1 Å². The van der Waals surface area contributed by atoms with Crippen molar-refractivity contribution in [2.75, 3.05) is 41.7 Å². The minimum absolute atomic E-state index is 0.0483. The number of nitrogens with two attached hydrogens (primary N) is 1. The van der Waals surface area contributed by atoms with E-state index in [-0.39, 0.29) is 23.7 Å². The number of rotatable bonds is 3. The number of nitrogens with zero attached hydrogens (tertiary/aromatic N) is 5. The van der Waals surface area contributed by atoms with Gasteiger partial charge in [-0.25, -0.2) is 0 Å². The van der Waals surface area contributed by atoms with Crippen LogP contribution in [-0.2, 0) is 4.74 Å². The predicted octanol–water partition coefficient (Wildman–Crippen LogP) is 1.57. The Kier molecular flexibility index (Phi) is 4.70. The number of anilines is 3. The topological polar surface area (TPSA) is 111 Å². The average molecular weight is 336 g/mol. The molecule has 3 heterocycles. The summed E-state index contributed by atoms with van der Waals surface area (Å²) in [5, 5.41) is 11.5. The van der Waals surface area contributed by atoms with Crippen molar-refractivity contribution in [3.8, 4) is 0 Å². The number of piperidine rings is 1. The molecule has 0 bridgehead atoms. The van der Waals surface area contributed by atoms with E-state index in [1.165, 1.54) is 0 Å². The second kappa shape index (κ2) is 6.76. The third-order valence-corrected chi connectivity index (χ3v) is 4.42. The lowest BCUT2D eigenvalue weighted by Crippen LogP contribution is -2.46. The Hall–Kier alpha value is -2.16. The van der Waals surface area contributed by atoms with Crippen molar-refractivity contribution in [3.05, 3.63) is 10.1 Å². The van der Waals surface area contributed by atoms with Gasteiger partial charge in [-0.1, -0.05) is 0 Å². The van der Waals surface area contributed by atoms with Crippen molar-refractivity contribution < 1.29 is 9.66 Å². The minimum Gasteiger partial charge on any atom is -0.378 e. The largest absolute Gasteiger partial charge is 0.378 e. The lowest BCUT2D eigenvalue weighted by molar-refractivity contribution is -0.383. The van der Waals surface area contributed by atoms with E-state index in [0.717, 1.165) is 32.4 Å². The maximum Gasteiger partial charge on any atom is 0.353 e. The number of hydrogen-bond acceptors (Lipinski definition) is 8. The van der Waals surface area contributed by atoms with Crippen molar-refractivity contribution in [1.82, 2.24) is 9.97 Å². The first kappa shape index (κ1) is 16.7. The normalized spacial score (nSPS) is 24.9. The van der Waals surface area contributed by atoms with Crippen LogP contribution in [0, 0.1) is 10.1 Å². The number of aromatic nitrogens is 2. The van der Waals surface area contributed by atoms with Crippen molar-refractivity contribution >= 4 is 23.3 Å². The maximum atomic E-state index is 11.5. The van der Waals surface area contributed by atoms with Crippen LogP contribution in [0.15, 0.2) is 0 Å². The molecule has 2 unspecified atom stereocenters. The zero-order chi connectivity index (χ0) is 17.3. The van der Waals surface area contributed by atoms with Crippen molar-refractivity contribution in [3.63, 3.8) is 0 Å². The molecule has 9 heteroatoms. The minimum atomic E-state index is -0.479. The van der Waals surface area contributed by atoms with Crippen LogP contribution in [0.1, 0.15) is 33.1 Å². The van der Waals surface area contributed by atoms with E-state index in [2.05, 4.69) is 9.97 Å². The van der Waals surface area contributed by atoms with E-state index in [1.807, 2.05) is 23.6 Å². The molecule has 132 valence electrons. The molecule has 2 aliphatic rings. The zero-order valence-electron chi connectivity index (χ0n) is 14.1. The van der Waals surface area contributed by atoms with E-state index in [9.17, 15) is 10.1 Å². The van der Waals surface area contributed by atoms with Gasteiger partial charge in [-0.3, -0.25) is 10.1 Å². The number of hydrogen-bond donors (Lipinski definition) is 1. The third-order valence-electron chi connectivity index (χ3n) is 4.42. The molecule has 1 aromatic heterocycles. The van der Waals surface area contributed by atoms with Gasteiger partial charge in [0.1, 0.15) is 0 Å². The van der Waals surface area contributed by atoms with E-state index >= 15 is 0 Å². The average Bonchev–Trinajstić information content (AvgIpc) is 2.53. The summed E-state index contributed by atoms with van der Waals surface area (Å²) in [6.07, 6.45) is 3.24. The third kappa shape index (κ3) is 3.35. The highest BCUT2D eigenvalue weighted by Crippen LogP contribution is 2.34. The van der Waals surface area contributed by atoms with Crippen molar-refractivity contribution in [2.24, 2.45) is 0 Å². The Bertz CT molecular complexity index is 609. The van der Waals surface area contributed by atoms with Gasteiger partial charge in [-0.2, -0.15) is 9.97 Å². The molecule has 24 heavy (non-hydrogen) atoms. The van der Waals surface area contributed by atoms with Gasteiger partial charge in [0, 0.05) is 26.2 Å². The Morgan fingerprint density at radius 3 is 2.33 bits per heavy atom. The first-order chi connectivity index (χ1) is 11.5. The van der Waals surface area contributed by atoms with Crippen molar-refractivity contribution in [2.45, 2.75) is 45.3 Å². The molecule has 0 aliphatic carbocycles. The Balaban J connectivity index is 1.99. The number of ether oxygens (including phenoxy) is 1. The van der Waals surface area contributed by atoms with Gasteiger partial charge in [0.05, 0.1) is 17.1 Å². The van der Waals surface area contributed by atoms with Crippen LogP contribution in [0.2, 0.25) is 0 Å². The summed E-state index contributed by atoms with van der Waals surface area (Å²) in [6.45, 7) is 6.77. The fraction of sp³-hybridized carbons (Fsp3) is 0.733. The van der Waals surface area contributed by atoms with Crippen molar-refractivity contribution in [1.29, 1.82) is 0 Å². The van der Waals surface area contributed by atoms with E-state index in [1.54, 1.807) is 0 Å². The summed E-state index contributed by atoms with van der Waals surface area (Å²) in [6, 6.07) is 0. The van der Waals surface area contributed by atoms with Gasteiger partial charge in [-0.15, -0.1) is 0 Å². The van der Waals surface area contributed by atoms with Gasteiger partial charge in [0.15, 0.2) is 0 Å². The van der Waals surface area contributed by atoms with Gasteiger partial charge in [0.25, 0.3) is 0 Å². The zero-order valence-corrected chi connectivity index (χ0v) is 14.1. The van der Waals surface area contributed by atoms with Crippen LogP contribution >= 0.6 is 0 Å². The maximum absolute atomic E-state index is 11.5. The Morgan fingerprint density at radius 2 is 1.75 bits per heavy atom. The molecule has 2 aliphatic heterocycles. The second-order valence-electron chi connectivity index (χ2n) is 6.55. The highest BCUT2D eigenvalue weighted by molar-refractivity contribution is 5.71. The van der Waals surface area contributed by atoms with Crippen LogP contribution in [0.4, 0.5) is 23.3 Å². The lowest BCUT2D eigenvalue weighted by atomic mass is 10.1. The summed E-state index contributed by atoms with van der Waals surface area (Å²) in [7, 11) is 0. The molecule has 3 rings (SSSR count). The fourth-order valence-corrected chi connectivity index (χ4v) is 3.43. The van der Waals surface area contributed by atoms with Gasteiger partial charge < -0.3 is 20.3 Å². The van der Waals surface area contributed by atoms with E-state index in [0.29, 0.717) is 24.9 Å². The smallest absolute Gasteiger partial charge is 0.353 e. The summed E-state index contributed by atoms with van der Waals surface area (Å²) in [4.78, 5) is 23.7. The fourth-order valence-electron chi connectivity index (χ4n) is 3.43. The van der Waals surface area contributed by atoms with Crippen LogP contribution in [0.3, 0.4) is 0 Å². The van der Waals surface area contributed by atoms with Crippen LogP contribution in [-0.4, -0.2) is 53.3 Å². The highest BCUT2D eigenvalue weighted by atomic mass is 16.6. The summed E-state index contributed by atoms with van der Waals surface area (Å²) >= 11 is 0. The molecule has 0 spiro atoms. The van der Waals surface area contributed by atoms with E-state index in [4.69, 9.17) is 10.5 Å². The molecule has 2 atom stereocenters. The molecular formula is C15H24N6O3. The standard InChI is InChI=1S/C15H24N6O3/c1-10-8-20(9-11(2)24-10)15-17-13(16)12(21(22)23)14(18-15)19-6-4-3-5-7-19/h10-11H,3-9H2,1-2H3,(H2,16,17,18). The molecular weight excluding hydrogens is 312 g/mol. The predicted molar refractivity (Wildman–Crippen MR) is 91.4 cm³/mol. The SMILES string of the molecule is CC1CN(c2nc(N)c([N+](=O)[O-])c(N3CCCCC3)n2)CC(C)O1. The first-order valence-electron chi connectivity index (χ1n) is 8.43. The first-order valence-corrected chi connectivity index (χ1v) is 8.43. The summed E-state index contributed by atoms with van der Waals surface area (Å²) in [5.41, 5.74) is 5.74.